The molecule has 2 saturated heterocycles. The molecule has 25 heavy (non-hydrogen) atoms. The van der Waals surface area contributed by atoms with Gasteiger partial charge in [0.1, 0.15) is 5.82 Å². The number of nitrogens with one attached hydrogen (secondary N) is 1. The van der Waals surface area contributed by atoms with E-state index in [1.54, 1.807) is 0 Å². The molecule has 0 saturated carbocycles. The Balaban J connectivity index is 1.44. The van der Waals surface area contributed by atoms with E-state index in [4.69, 9.17) is 4.98 Å². The normalized spacial score (nSPS) is 18.2. The van der Waals surface area contributed by atoms with Gasteiger partial charge in [-0.15, -0.1) is 0 Å². The fourth-order valence-corrected chi connectivity index (χ4v) is 3.75. The average molecular weight is 337 g/mol. The molecule has 1 aromatic carbocycles. The summed E-state index contributed by atoms with van der Waals surface area (Å²) >= 11 is 0. The monoisotopic (exact) mass is 337 g/mol. The van der Waals surface area contributed by atoms with Gasteiger partial charge in [-0.3, -0.25) is 0 Å². The lowest BCUT2D eigenvalue weighted by atomic mass is 10.2. The van der Waals surface area contributed by atoms with Gasteiger partial charge in [-0.1, -0.05) is 12.8 Å². The number of hydrogen-bond donors (Lipinski definition) is 1. The third kappa shape index (κ3) is 4.03. The highest BCUT2D eigenvalue weighted by Gasteiger charge is 2.13. The molecule has 132 valence electrons. The Kier molecular flexibility index (Phi) is 5.00. The van der Waals surface area contributed by atoms with E-state index in [1.165, 1.54) is 57.3 Å². The van der Waals surface area contributed by atoms with Gasteiger partial charge >= 0.3 is 0 Å². The van der Waals surface area contributed by atoms with Gasteiger partial charge in [0, 0.05) is 43.8 Å². The first-order chi connectivity index (χ1) is 12.4. The summed E-state index contributed by atoms with van der Waals surface area (Å²) in [7, 11) is 0. The van der Waals surface area contributed by atoms with Gasteiger partial charge in [0.15, 0.2) is 0 Å². The second-order valence-corrected chi connectivity index (χ2v) is 7.01. The van der Waals surface area contributed by atoms with E-state index < -0.39 is 0 Å². The summed E-state index contributed by atoms with van der Waals surface area (Å²) in [5.74, 6) is 1.71. The molecule has 2 aliphatic rings. The molecule has 2 fully saturated rings. The molecule has 3 heterocycles. The Morgan fingerprint density at radius 1 is 0.720 bits per heavy atom. The van der Waals surface area contributed by atoms with Gasteiger partial charge in [0.2, 0.25) is 5.95 Å². The van der Waals surface area contributed by atoms with E-state index >= 15 is 0 Å². The van der Waals surface area contributed by atoms with Crippen LogP contribution < -0.4 is 15.1 Å². The van der Waals surface area contributed by atoms with Crippen molar-refractivity contribution in [1.82, 2.24) is 9.97 Å². The predicted octanol–water partition coefficient (Wildman–Crippen LogP) is 4.20. The van der Waals surface area contributed by atoms with Crippen LogP contribution in [0, 0.1) is 0 Å². The van der Waals surface area contributed by atoms with Gasteiger partial charge in [0.05, 0.1) is 0 Å². The van der Waals surface area contributed by atoms with Crippen molar-refractivity contribution in [2.45, 2.75) is 38.5 Å². The van der Waals surface area contributed by atoms with Crippen molar-refractivity contribution in [2.24, 2.45) is 0 Å². The van der Waals surface area contributed by atoms with E-state index in [9.17, 15) is 0 Å². The topological polar surface area (TPSA) is 44.3 Å². The number of aromatic nitrogens is 2. The zero-order valence-corrected chi connectivity index (χ0v) is 14.8. The highest BCUT2D eigenvalue weighted by molar-refractivity contribution is 5.60. The maximum atomic E-state index is 4.73. The van der Waals surface area contributed by atoms with Crippen molar-refractivity contribution in [3.05, 3.63) is 36.5 Å². The molecule has 5 heteroatoms. The van der Waals surface area contributed by atoms with Crippen LogP contribution in [0.5, 0.6) is 0 Å². The zero-order valence-electron chi connectivity index (χ0n) is 14.8. The number of rotatable bonds is 4. The lowest BCUT2D eigenvalue weighted by Gasteiger charge is -2.21. The molecule has 2 aromatic rings. The molecular formula is C20H27N5. The minimum Gasteiger partial charge on any atom is -0.372 e. The Labute approximate surface area is 150 Å². The summed E-state index contributed by atoms with van der Waals surface area (Å²) in [5.41, 5.74) is 2.35. The summed E-state index contributed by atoms with van der Waals surface area (Å²) in [6, 6.07) is 10.6. The van der Waals surface area contributed by atoms with Crippen molar-refractivity contribution in [3.63, 3.8) is 0 Å². The molecule has 1 aromatic heterocycles. The van der Waals surface area contributed by atoms with Crippen molar-refractivity contribution in [1.29, 1.82) is 0 Å². The van der Waals surface area contributed by atoms with E-state index in [2.05, 4.69) is 44.4 Å². The third-order valence-electron chi connectivity index (χ3n) is 5.17. The molecule has 5 nitrogen and oxygen atoms in total. The van der Waals surface area contributed by atoms with Crippen LogP contribution in [0.25, 0.3) is 0 Å². The number of anilines is 4. The van der Waals surface area contributed by atoms with Crippen LogP contribution in [0.15, 0.2) is 36.5 Å². The Hall–Kier alpha value is -2.30. The first-order valence-electron chi connectivity index (χ1n) is 9.58. The van der Waals surface area contributed by atoms with E-state index in [0.717, 1.165) is 24.6 Å². The maximum Gasteiger partial charge on any atom is 0.229 e. The lowest BCUT2D eigenvalue weighted by Crippen LogP contribution is -2.25. The van der Waals surface area contributed by atoms with Crippen LogP contribution >= 0.6 is 0 Å². The summed E-state index contributed by atoms with van der Waals surface area (Å²) < 4.78 is 0. The minimum absolute atomic E-state index is 0.677. The fraction of sp³-hybridized carbons (Fsp3) is 0.500. The molecule has 0 unspecified atom stereocenters. The van der Waals surface area contributed by atoms with E-state index in [-0.39, 0.29) is 0 Å². The summed E-state index contributed by atoms with van der Waals surface area (Å²) in [4.78, 5) is 14.0. The standard InChI is InChI=1S/C20H27N5/c1-2-4-16-25(15-3-1)19-11-12-21-20(23-19)22-17-7-9-18(10-8-17)24-13-5-6-14-24/h7-12H,1-6,13-16H2,(H,21,22,23). The maximum absolute atomic E-state index is 4.73. The van der Waals surface area contributed by atoms with Crippen molar-refractivity contribution in [2.75, 3.05) is 41.3 Å². The SMILES string of the molecule is c1cc(N2CCCCCC2)nc(Nc2ccc(N3CCCC3)cc2)n1. The molecular weight excluding hydrogens is 310 g/mol. The first kappa shape index (κ1) is 16.2. The van der Waals surface area contributed by atoms with Gasteiger partial charge in [-0.25, -0.2) is 4.98 Å². The Bertz CT molecular complexity index is 671. The second-order valence-electron chi connectivity index (χ2n) is 7.01. The Morgan fingerprint density at radius 3 is 2.08 bits per heavy atom. The van der Waals surface area contributed by atoms with Crippen molar-refractivity contribution < 1.29 is 0 Å². The smallest absolute Gasteiger partial charge is 0.229 e. The molecule has 0 bridgehead atoms. The number of benzene rings is 1. The van der Waals surface area contributed by atoms with Gasteiger partial charge in [0.25, 0.3) is 0 Å². The van der Waals surface area contributed by atoms with Crippen LogP contribution in [0.1, 0.15) is 38.5 Å². The summed E-state index contributed by atoms with van der Waals surface area (Å²) in [6.07, 6.45) is 9.63. The largest absolute Gasteiger partial charge is 0.372 e. The van der Waals surface area contributed by atoms with Crippen LogP contribution in [-0.2, 0) is 0 Å². The molecule has 2 aliphatic heterocycles. The summed E-state index contributed by atoms with van der Waals surface area (Å²) in [6.45, 7) is 4.55. The second kappa shape index (κ2) is 7.72. The predicted molar refractivity (Wildman–Crippen MR) is 104 cm³/mol. The van der Waals surface area contributed by atoms with Crippen LogP contribution in [0.2, 0.25) is 0 Å². The molecule has 0 aliphatic carbocycles. The fourth-order valence-electron chi connectivity index (χ4n) is 3.75. The highest BCUT2D eigenvalue weighted by Crippen LogP contribution is 2.24. The Morgan fingerprint density at radius 2 is 1.36 bits per heavy atom. The van der Waals surface area contributed by atoms with Gasteiger partial charge in [-0.05, 0) is 56.0 Å². The average Bonchev–Trinajstić information content (AvgIpc) is 3.05. The zero-order chi connectivity index (χ0) is 16.9. The lowest BCUT2D eigenvalue weighted by molar-refractivity contribution is 0.726. The third-order valence-corrected chi connectivity index (χ3v) is 5.17. The van der Waals surface area contributed by atoms with Crippen LogP contribution in [0.3, 0.4) is 0 Å². The quantitative estimate of drug-likeness (QED) is 0.906. The van der Waals surface area contributed by atoms with E-state index in [0.29, 0.717) is 5.95 Å². The van der Waals surface area contributed by atoms with Crippen LogP contribution in [0.4, 0.5) is 23.1 Å². The van der Waals surface area contributed by atoms with Crippen molar-refractivity contribution in [3.8, 4) is 0 Å². The number of hydrogen-bond acceptors (Lipinski definition) is 5. The van der Waals surface area contributed by atoms with Gasteiger partial charge in [-0.2, -0.15) is 4.98 Å². The molecule has 0 spiro atoms. The van der Waals surface area contributed by atoms with Crippen LogP contribution in [-0.4, -0.2) is 36.1 Å². The molecule has 0 amide bonds. The first-order valence-corrected chi connectivity index (χ1v) is 9.58. The molecule has 0 atom stereocenters. The highest BCUT2D eigenvalue weighted by atomic mass is 15.2. The molecule has 4 rings (SSSR count). The van der Waals surface area contributed by atoms with Gasteiger partial charge < -0.3 is 15.1 Å². The van der Waals surface area contributed by atoms with Crippen molar-refractivity contribution >= 4 is 23.1 Å². The minimum atomic E-state index is 0.677. The molecule has 1 N–H and O–H groups in total. The van der Waals surface area contributed by atoms with E-state index in [1.807, 2.05) is 12.3 Å². The number of nitrogens with zero attached hydrogens (tertiary/aromatic N) is 4. The molecule has 0 radical (unpaired) electrons. The summed E-state index contributed by atoms with van der Waals surface area (Å²) in [5, 5.41) is 3.35.